The maximum absolute atomic E-state index is 14.2. The van der Waals surface area contributed by atoms with E-state index >= 15 is 0 Å². The molecule has 0 saturated heterocycles. The van der Waals surface area contributed by atoms with Crippen molar-refractivity contribution in [2.45, 2.75) is 24.3 Å². The van der Waals surface area contributed by atoms with E-state index in [9.17, 15) is 12.8 Å². The van der Waals surface area contributed by atoms with Crippen molar-refractivity contribution in [2.75, 3.05) is 11.1 Å². The fourth-order valence-electron chi connectivity index (χ4n) is 2.49. The number of fused-ring (bicyclic) bond motifs is 1. The first-order valence-electron chi connectivity index (χ1n) is 6.60. The van der Waals surface area contributed by atoms with Crippen LogP contribution in [-0.2, 0) is 16.3 Å². The summed E-state index contributed by atoms with van der Waals surface area (Å²) in [6, 6.07) is 6.25. The van der Waals surface area contributed by atoms with Crippen LogP contribution in [0.25, 0.3) is 0 Å². The maximum atomic E-state index is 14.2. The van der Waals surface area contributed by atoms with Crippen LogP contribution in [0, 0.1) is 5.82 Å². The Morgan fingerprint density at radius 1 is 1.33 bits per heavy atom. The molecule has 0 saturated carbocycles. The molecule has 7 heteroatoms. The van der Waals surface area contributed by atoms with Gasteiger partial charge in [-0.05, 0) is 18.1 Å². The van der Waals surface area contributed by atoms with Crippen molar-refractivity contribution in [1.82, 2.24) is 9.97 Å². The largest absolute Gasteiger partial charge is 0.360 e. The molecule has 2 aromatic rings. The summed E-state index contributed by atoms with van der Waals surface area (Å²) in [6.45, 7) is 1.80. The van der Waals surface area contributed by atoms with Crippen LogP contribution >= 0.6 is 0 Å². The van der Waals surface area contributed by atoms with E-state index in [1.54, 1.807) is 31.2 Å². The zero-order valence-electron chi connectivity index (χ0n) is 11.4. The number of benzene rings is 1. The molecule has 1 aliphatic heterocycles. The minimum absolute atomic E-state index is 0.0405. The van der Waals surface area contributed by atoms with Gasteiger partial charge in [0.25, 0.3) is 0 Å². The lowest BCUT2D eigenvalue weighted by Gasteiger charge is -2.14. The first-order valence-corrected chi connectivity index (χ1v) is 8.25. The molecule has 0 amide bonds. The van der Waals surface area contributed by atoms with Gasteiger partial charge in [0.15, 0.2) is 21.5 Å². The first kappa shape index (κ1) is 13.9. The lowest BCUT2D eigenvalue weighted by atomic mass is 10.1. The smallest absolute Gasteiger partial charge is 0.186 e. The van der Waals surface area contributed by atoms with E-state index in [1.165, 1.54) is 6.33 Å². The van der Waals surface area contributed by atoms with Crippen LogP contribution in [0.2, 0.25) is 0 Å². The van der Waals surface area contributed by atoms with Crippen molar-refractivity contribution in [3.8, 4) is 0 Å². The first-order chi connectivity index (χ1) is 10.0. The summed E-state index contributed by atoms with van der Waals surface area (Å²) < 4.78 is 38.3. The molecular formula is C14H14FN3O2S. The van der Waals surface area contributed by atoms with Gasteiger partial charge in [-0.3, -0.25) is 0 Å². The fraction of sp³-hybridized carbons (Fsp3) is 0.286. The van der Waals surface area contributed by atoms with Gasteiger partial charge in [0, 0.05) is 0 Å². The molecule has 0 fully saturated rings. The number of hydrogen-bond donors (Lipinski definition) is 1. The Bertz CT molecular complexity index is 793. The Hall–Kier alpha value is -2.02. The molecule has 5 nitrogen and oxygen atoms in total. The van der Waals surface area contributed by atoms with Gasteiger partial charge in [0.2, 0.25) is 0 Å². The van der Waals surface area contributed by atoms with Crippen molar-refractivity contribution < 1.29 is 12.8 Å². The van der Waals surface area contributed by atoms with Crippen molar-refractivity contribution in [3.05, 3.63) is 47.7 Å². The second-order valence-corrected chi connectivity index (χ2v) is 6.86. The summed E-state index contributed by atoms with van der Waals surface area (Å²) in [4.78, 5) is 8.04. The van der Waals surface area contributed by atoms with E-state index in [0.29, 0.717) is 22.6 Å². The van der Waals surface area contributed by atoms with Crippen LogP contribution in [0.15, 0.2) is 35.5 Å². The number of aryl methyl sites for hydroxylation is 1. The van der Waals surface area contributed by atoms with Crippen molar-refractivity contribution in [1.29, 1.82) is 0 Å². The highest BCUT2D eigenvalue weighted by Crippen LogP contribution is 2.35. The number of aromatic nitrogens is 2. The summed E-state index contributed by atoms with van der Waals surface area (Å²) in [7, 11) is -3.33. The lowest BCUT2D eigenvalue weighted by molar-refractivity contribution is 0.591. The molecular weight excluding hydrogens is 293 g/mol. The van der Waals surface area contributed by atoms with E-state index in [2.05, 4.69) is 15.3 Å². The standard InChI is InChI=1S/C14H14FN3O2S/c1-2-10-13(15)14(17-8-16-10)18-11-7-21(19,20)12-6-4-3-5-9(11)12/h3-6,8,11H,2,7H2,1H3,(H,16,17,18)/t11-/m1/s1. The minimum Gasteiger partial charge on any atom is -0.360 e. The molecule has 21 heavy (non-hydrogen) atoms. The van der Waals surface area contributed by atoms with Gasteiger partial charge < -0.3 is 5.32 Å². The molecule has 1 aliphatic rings. The lowest BCUT2D eigenvalue weighted by Crippen LogP contribution is -2.15. The van der Waals surface area contributed by atoms with Crippen LogP contribution in [-0.4, -0.2) is 24.1 Å². The van der Waals surface area contributed by atoms with E-state index < -0.39 is 21.7 Å². The van der Waals surface area contributed by atoms with Gasteiger partial charge in [-0.2, -0.15) is 0 Å². The Kier molecular flexibility index (Phi) is 3.36. The Morgan fingerprint density at radius 3 is 2.86 bits per heavy atom. The third kappa shape index (κ3) is 2.37. The average molecular weight is 307 g/mol. The fourth-order valence-corrected chi connectivity index (χ4v) is 4.23. The minimum atomic E-state index is -3.33. The highest BCUT2D eigenvalue weighted by molar-refractivity contribution is 7.91. The molecule has 2 heterocycles. The van der Waals surface area contributed by atoms with Crippen LogP contribution in [0.1, 0.15) is 24.2 Å². The van der Waals surface area contributed by atoms with Crippen LogP contribution in [0.5, 0.6) is 0 Å². The second-order valence-electron chi connectivity index (χ2n) is 4.85. The second kappa shape index (κ2) is 5.07. The van der Waals surface area contributed by atoms with Crippen molar-refractivity contribution in [2.24, 2.45) is 0 Å². The highest BCUT2D eigenvalue weighted by atomic mass is 32.2. The van der Waals surface area contributed by atoms with Gasteiger partial charge >= 0.3 is 0 Å². The summed E-state index contributed by atoms with van der Waals surface area (Å²) in [5.41, 5.74) is 0.954. The topological polar surface area (TPSA) is 72.0 Å². The molecule has 3 rings (SSSR count). The molecule has 1 aromatic heterocycles. The molecule has 0 unspecified atom stereocenters. The summed E-state index contributed by atoms with van der Waals surface area (Å²) >= 11 is 0. The van der Waals surface area contributed by atoms with Crippen molar-refractivity contribution >= 4 is 15.7 Å². The molecule has 1 N–H and O–H groups in total. The Labute approximate surface area is 122 Å². The number of hydrogen-bond acceptors (Lipinski definition) is 5. The number of nitrogens with one attached hydrogen (secondary N) is 1. The van der Waals surface area contributed by atoms with Crippen LogP contribution in [0.4, 0.5) is 10.2 Å². The molecule has 0 aliphatic carbocycles. The number of sulfone groups is 1. The highest BCUT2D eigenvalue weighted by Gasteiger charge is 2.35. The van der Waals surface area contributed by atoms with Gasteiger partial charge in [0.05, 0.1) is 22.4 Å². The van der Waals surface area contributed by atoms with E-state index in [4.69, 9.17) is 0 Å². The summed E-state index contributed by atoms with van der Waals surface area (Å²) in [5.74, 6) is -0.586. The predicted octanol–water partition coefficient (Wildman–Crippen LogP) is 2.12. The van der Waals surface area contributed by atoms with Gasteiger partial charge in [-0.1, -0.05) is 25.1 Å². The normalized spacial score (nSPS) is 19.2. The molecule has 1 aromatic carbocycles. The number of rotatable bonds is 3. The molecule has 0 radical (unpaired) electrons. The third-order valence-electron chi connectivity index (χ3n) is 3.52. The molecule has 1 atom stereocenters. The molecule has 0 spiro atoms. The van der Waals surface area contributed by atoms with Gasteiger partial charge in [0.1, 0.15) is 6.33 Å². The average Bonchev–Trinajstić information content (AvgIpc) is 2.73. The molecule has 0 bridgehead atoms. The zero-order chi connectivity index (χ0) is 15.0. The van der Waals surface area contributed by atoms with Gasteiger partial charge in [-0.15, -0.1) is 0 Å². The van der Waals surface area contributed by atoms with Crippen molar-refractivity contribution in [3.63, 3.8) is 0 Å². The quantitative estimate of drug-likeness (QED) is 0.940. The Balaban J connectivity index is 1.98. The predicted molar refractivity (Wildman–Crippen MR) is 76.2 cm³/mol. The van der Waals surface area contributed by atoms with Gasteiger partial charge in [-0.25, -0.2) is 22.8 Å². The SMILES string of the molecule is CCc1ncnc(N[C@@H]2CS(=O)(=O)c3ccccc32)c1F. The number of nitrogens with zero attached hydrogens (tertiary/aromatic N) is 2. The van der Waals surface area contributed by atoms with Crippen LogP contribution in [0.3, 0.4) is 0 Å². The summed E-state index contributed by atoms with van der Waals surface area (Å²) in [6.07, 6.45) is 1.72. The van der Waals surface area contributed by atoms with Crippen LogP contribution < -0.4 is 5.32 Å². The Morgan fingerprint density at radius 2 is 2.10 bits per heavy atom. The molecule has 110 valence electrons. The maximum Gasteiger partial charge on any atom is 0.186 e. The number of halogens is 1. The van der Waals surface area contributed by atoms with E-state index in [0.717, 1.165) is 0 Å². The zero-order valence-corrected chi connectivity index (χ0v) is 12.2. The number of anilines is 1. The van der Waals surface area contributed by atoms with E-state index in [1.807, 2.05) is 0 Å². The summed E-state index contributed by atoms with van der Waals surface area (Å²) in [5, 5.41) is 2.89. The third-order valence-corrected chi connectivity index (χ3v) is 5.34. The monoisotopic (exact) mass is 307 g/mol. The van der Waals surface area contributed by atoms with E-state index in [-0.39, 0.29) is 11.6 Å².